The molecule has 0 bridgehead atoms. The van der Waals surface area contributed by atoms with E-state index in [1.54, 1.807) is 0 Å². The highest BCUT2D eigenvalue weighted by atomic mass is 15.1. The molecule has 0 aromatic heterocycles. The molecular weight excluding hydrogens is 1090 g/mol. The normalized spacial score (nSPS) is 10.8. The van der Waals surface area contributed by atoms with Crippen molar-refractivity contribution in [1.29, 1.82) is 5.26 Å². The molecule has 5 nitrogen and oxygen atoms in total. The second-order valence-electron chi connectivity index (χ2n) is 22.2. The number of rotatable bonds is 15. The van der Waals surface area contributed by atoms with Gasteiger partial charge >= 0.3 is 0 Å². The molecule has 0 spiro atoms. The van der Waals surface area contributed by atoms with Gasteiger partial charge in [0.05, 0.1) is 11.6 Å². The van der Waals surface area contributed by atoms with Gasteiger partial charge in [-0.05, 0) is 194 Å². The van der Waals surface area contributed by atoms with Crippen molar-refractivity contribution in [3.05, 3.63) is 363 Å². The Morgan fingerprint density at radius 2 is 0.478 bits per heavy atom. The van der Waals surface area contributed by atoms with Gasteiger partial charge in [0.15, 0.2) is 0 Å². The van der Waals surface area contributed by atoms with E-state index in [9.17, 15) is 5.26 Å². The van der Waals surface area contributed by atoms with Gasteiger partial charge in [0.2, 0.25) is 0 Å². The second-order valence-corrected chi connectivity index (χ2v) is 22.2. The average molecular weight is 1160 g/mol. The van der Waals surface area contributed by atoms with Crippen LogP contribution in [0.5, 0.6) is 0 Å². The van der Waals surface area contributed by atoms with Crippen molar-refractivity contribution < 1.29 is 0 Å². The highest BCUT2D eigenvalue weighted by Crippen LogP contribution is 2.41. The third-order valence-corrected chi connectivity index (χ3v) is 16.6. The topological polar surface area (TPSA) is 36.8 Å². The summed E-state index contributed by atoms with van der Waals surface area (Å²) in [6.45, 7) is 0. The molecule has 14 aromatic carbocycles. The number of fused-ring (bicyclic) bond motifs is 1. The number of benzene rings is 14. The molecule has 0 fully saturated rings. The van der Waals surface area contributed by atoms with E-state index in [-0.39, 0.29) is 0 Å². The first-order valence-corrected chi connectivity index (χ1v) is 30.4. The van der Waals surface area contributed by atoms with Gasteiger partial charge in [-0.15, -0.1) is 0 Å². The summed E-state index contributed by atoms with van der Waals surface area (Å²) in [7, 11) is 4.13. The van der Waals surface area contributed by atoms with Crippen LogP contribution < -0.4 is 19.6 Å². The Labute approximate surface area is 528 Å². The van der Waals surface area contributed by atoms with E-state index in [4.69, 9.17) is 0 Å². The molecule has 0 radical (unpaired) electrons. The van der Waals surface area contributed by atoms with E-state index in [2.05, 4.69) is 360 Å². The highest BCUT2D eigenvalue weighted by molar-refractivity contribution is 5.90. The van der Waals surface area contributed by atoms with Crippen LogP contribution in [0.15, 0.2) is 358 Å². The Bertz CT molecular complexity index is 4600. The molecular formula is C85H65N5. The SMILES string of the molecule is CN(c1ccc(-c2ccc(N(c3cccc(-c4ccccc4)c3)c3ccc4ccccc4c3)cc2)cc1)c1cccc(C#N)c1.CN(c1ccccc1)c1ccc(-c2ccc(N(c3ccc(-c4ccccc4)cc3)c3ccc(-c4ccccc4)cc3)cc2)cc1. The van der Waals surface area contributed by atoms with Gasteiger partial charge in [0.1, 0.15) is 0 Å². The van der Waals surface area contributed by atoms with Gasteiger partial charge in [-0.1, -0.05) is 231 Å². The molecule has 0 heterocycles. The fourth-order valence-corrected chi connectivity index (χ4v) is 11.6. The zero-order valence-electron chi connectivity index (χ0n) is 50.3. The van der Waals surface area contributed by atoms with Crippen LogP contribution >= 0.6 is 0 Å². The molecule has 0 N–H and O–H groups in total. The summed E-state index contributed by atoms with van der Waals surface area (Å²) in [6, 6.07) is 128. The summed E-state index contributed by atoms with van der Waals surface area (Å²) in [5, 5.41) is 11.7. The quantitative estimate of drug-likeness (QED) is 0.102. The predicted octanol–water partition coefficient (Wildman–Crippen LogP) is 23.2. The zero-order chi connectivity index (χ0) is 61.0. The molecule has 0 aliphatic rings. The zero-order valence-corrected chi connectivity index (χ0v) is 50.3. The Morgan fingerprint density at radius 1 is 0.200 bits per heavy atom. The number of nitrogens with zero attached hydrogens (tertiary/aromatic N) is 5. The van der Waals surface area contributed by atoms with Gasteiger partial charge < -0.3 is 19.6 Å². The van der Waals surface area contributed by atoms with Crippen molar-refractivity contribution >= 4 is 67.6 Å². The van der Waals surface area contributed by atoms with Crippen molar-refractivity contribution in [3.8, 4) is 61.7 Å². The summed E-state index contributed by atoms with van der Waals surface area (Å²) in [6.07, 6.45) is 0. The molecule has 0 saturated carbocycles. The van der Waals surface area contributed by atoms with Gasteiger partial charge in [-0.25, -0.2) is 0 Å². The maximum absolute atomic E-state index is 9.29. The number of anilines is 10. The van der Waals surface area contributed by atoms with Crippen LogP contribution in [0.4, 0.5) is 56.9 Å². The van der Waals surface area contributed by atoms with Crippen LogP contribution in [0.2, 0.25) is 0 Å². The van der Waals surface area contributed by atoms with Crippen LogP contribution in [0.1, 0.15) is 5.56 Å². The molecule has 0 unspecified atom stereocenters. The van der Waals surface area contributed by atoms with Gasteiger partial charge in [-0.3, -0.25) is 0 Å². The third-order valence-electron chi connectivity index (χ3n) is 16.6. The average Bonchev–Trinajstić information content (AvgIpc) is 1.65. The first-order valence-electron chi connectivity index (χ1n) is 30.4. The van der Waals surface area contributed by atoms with Crippen molar-refractivity contribution in [2.75, 3.05) is 33.7 Å². The van der Waals surface area contributed by atoms with E-state index in [1.165, 1.54) is 61.0 Å². The molecule has 0 atom stereocenters. The third kappa shape index (κ3) is 12.9. The molecule has 0 saturated heterocycles. The van der Waals surface area contributed by atoms with Crippen molar-refractivity contribution in [3.63, 3.8) is 0 Å². The van der Waals surface area contributed by atoms with Crippen molar-refractivity contribution in [1.82, 2.24) is 0 Å². The molecule has 0 aliphatic heterocycles. The van der Waals surface area contributed by atoms with E-state index in [0.717, 1.165) is 62.3 Å². The summed E-state index contributed by atoms with van der Waals surface area (Å²) in [5.74, 6) is 0. The Morgan fingerprint density at radius 3 is 0.911 bits per heavy atom. The largest absolute Gasteiger partial charge is 0.345 e. The maximum atomic E-state index is 9.29. The minimum Gasteiger partial charge on any atom is -0.345 e. The van der Waals surface area contributed by atoms with E-state index >= 15 is 0 Å². The predicted molar refractivity (Wildman–Crippen MR) is 381 cm³/mol. The number of para-hydroxylation sites is 1. The minimum absolute atomic E-state index is 0.653. The fraction of sp³-hybridized carbons (Fsp3) is 0.0235. The first-order chi connectivity index (χ1) is 44.4. The Balaban J connectivity index is 0.000000165. The monoisotopic (exact) mass is 1160 g/mol. The van der Waals surface area contributed by atoms with Crippen LogP contribution in [-0.4, -0.2) is 14.1 Å². The summed E-state index contributed by atoms with van der Waals surface area (Å²) in [4.78, 5) is 8.96. The minimum atomic E-state index is 0.653. The molecule has 430 valence electrons. The smallest absolute Gasteiger partial charge is 0.0992 e. The van der Waals surface area contributed by atoms with E-state index in [1.807, 2.05) is 37.4 Å². The lowest BCUT2D eigenvalue weighted by Gasteiger charge is -2.26. The van der Waals surface area contributed by atoms with Crippen molar-refractivity contribution in [2.45, 2.75) is 0 Å². The van der Waals surface area contributed by atoms with Gasteiger partial charge in [0.25, 0.3) is 0 Å². The number of hydrogen-bond donors (Lipinski definition) is 0. The summed E-state index contributed by atoms with van der Waals surface area (Å²) >= 11 is 0. The molecule has 14 aromatic rings. The molecule has 14 rings (SSSR count). The lowest BCUT2D eigenvalue weighted by Crippen LogP contribution is -2.10. The Kier molecular flexibility index (Phi) is 17.0. The summed E-state index contributed by atoms with van der Waals surface area (Å²) in [5.41, 5.74) is 23.6. The molecule has 0 aliphatic carbocycles. The molecule has 5 heteroatoms. The van der Waals surface area contributed by atoms with Crippen molar-refractivity contribution in [2.24, 2.45) is 0 Å². The highest BCUT2D eigenvalue weighted by Gasteiger charge is 2.17. The van der Waals surface area contributed by atoms with E-state index in [0.29, 0.717) is 5.56 Å². The second kappa shape index (κ2) is 26.7. The van der Waals surface area contributed by atoms with Gasteiger partial charge in [-0.2, -0.15) is 5.26 Å². The van der Waals surface area contributed by atoms with Crippen LogP contribution in [-0.2, 0) is 0 Å². The fourth-order valence-electron chi connectivity index (χ4n) is 11.6. The van der Waals surface area contributed by atoms with Crippen LogP contribution in [0.25, 0.3) is 66.4 Å². The van der Waals surface area contributed by atoms with Crippen LogP contribution in [0, 0.1) is 11.3 Å². The lowest BCUT2D eigenvalue weighted by atomic mass is 10.0. The summed E-state index contributed by atoms with van der Waals surface area (Å²) < 4.78 is 0. The maximum Gasteiger partial charge on any atom is 0.0992 e. The van der Waals surface area contributed by atoms with Crippen LogP contribution in [0.3, 0.4) is 0 Å². The molecule has 0 amide bonds. The lowest BCUT2D eigenvalue weighted by molar-refractivity contribution is 1.21. The number of nitriles is 1. The number of hydrogen-bond acceptors (Lipinski definition) is 5. The molecule has 90 heavy (non-hydrogen) atoms. The standard InChI is InChI=1S/C43H34N2.C42H31N3/c1-44(39-15-9-4-10-16-39)40-25-17-37(18-26-40)38-23-31-43(32-24-38)45(41-27-19-35(20-28-41)33-11-5-2-6-12-33)42-29-21-36(22-30-42)34-13-7-3-8-14-34;1-44(40-15-7-9-31(27-40)30-43)38-22-17-34(18-23-38)35-19-24-39(25-20-35)45(42-26-21-33-12-5-6-13-36(33)29-42)41-16-8-14-37(28-41)32-10-3-2-4-11-32/h2-32H,1H3;2-29H,1H3. The first kappa shape index (κ1) is 57.1. The Hall–Kier alpha value is -12.0. The van der Waals surface area contributed by atoms with E-state index < -0.39 is 0 Å². The van der Waals surface area contributed by atoms with Gasteiger partial charge in [0, 0.05) is 71.0 Å².